The van der Waals surface area contributed by atoms with Crippen LogP contribution in [0.15, 0.2) is 10.5 Å². The average Bonchev–Trinajstić information content (AvgIpc) is 2.73. The Balaban J connectivity index is 1.85. The minimum absolute atomic E-state index is 0.0267. The van der Waals surface area contributed by atoms with Gasteiger partial charge in [-0.15, -0.1) is 0 Å². The summed E-state index contributed by atoms with van der Waals surface area (Å²) in [7, 11) is 1.93. The van der Waals surface area contributed by atoms with E-state index in [0.717, 1.165) is 29.9 Å². The van der Waals surface area contributed by atoms with Crippen LogP contribution < -0.4 is 5.32 Å². The zero-order valence-corrected chi connectivity index (χ0v) is 13.6. The predicted octanol–water partition coefficient (Wildman–Crippen LogP) is 4.15. The molecule has 2 amide bonds. The highest BCUT2D eigenvalue weighted by molar-refractivity contribution is 5.74. The normalized spacial score (nSPS) is 17.1. The largest absolute Gasteiger partial charge is 0.466 e. The number of urea groups is 1. The monoisotopic (exact) mass is 292 g/mol. The number of nitrogens with one attached hydrogen (secondary N) is 1. The predicted molar refractivity (Wildman–Crippen MR) is 84.3 cm³/mol. The van der Waals surface area contributed by atoms with Gasteiger partial charge in [-0.2, -0.15) is 0 Å². The molecule has 1 N–H and O–H groups in total. The zero-order valence-electron chi connectivity index (χ0n) is 13.6. The minimum atomic E-state index is 0.0267. The number of hydrogen-bond donors (Lipinski definition) is 1. The van der Waals surface area contributed by atoms with Gasteiger partial charge >= 0.3 is 6.03 Å². The molecule has 0 unspecified atom stereocenters. The lowest BCUT2D eigenvalue weighted by Gasteiger charge is -2.29. The first kappa shape index (κ1) is 15.9. The van der Waals surface area contributed by atoms with E-state index in [1.165, 1.54) is 32.1 Å². The van der Waals surface area contributed by atoms with Gasteiger partial charge in [0.25, 0.3) is 0 Å². The summed E-state index contributed by atoms with van der Waals surface area (Å²) in [5, 5.41) is 3.01. The van der Waals surface area contributed by atoms with E-state index in [0.29, 0.717) is 12.6 Å². The van der Waals surface area contributed by atoms with Crippen LogP contribution in [0, 0.1) is 13.8 Å². The molecule has 21 heavy (non-hydrogen) atoms. The molecule has 4 nitrogen and oxygen atoms in total. The van der Waals surface area contributed by atoms with Crippen molar-refractivity contribution in [2.75, 3.05) is 7.05 Å². The Morgan fingerprint density at radius 3 is 2.43 bits per heavy atom. The molecule has 1 aromatic rings. The Morgan fingerprint density at radius 2 is 1.86 bits per heavy atom. The van der Waals surface area contributed by atoms with E-state index in [9.17, 15) is 4.79 Å². The fraction of sp³-hybridized carbons (Fsp3) is 0.706. The van der Waals surface area contributed by atoms with Crippen LogP contribution >= 0.6 is 0 Å². The number of hydrogen-bond acceptors (Lipinski definition) is 2. The van der Waals surface area contributed by atoms with Gasteiger partial charge in [0.05, 0.1) is 0 Å². The van der Waals surface area contributed by atoms with Gasteiger partial charge in [-0.3, -0.25) is 0 Å². The number of carbonyl (C=O) groups is 1. The Labute approximate surface area is 127 Å². The maximum atomic E-state index is 12.3. The van der Waals surface area contributed by atoms with Gasteiger partial charge in [-0.05, 0) is 32.8 Å². The quantitative estimate of drug-likeness (QED) is 0.909. The summed E-state index contributed by atoms with van der Waals surface area (Å²) >= 11 is 0. The van der Waals surface area contributed by atoms with Crippen molar-refractivity contribution in [1.29, 1.82) is 0 Å². The van der Waals surface area contributed by atoms with Crippen molar-refractivity contribution in [1.82, 2.24) is 10.2 Å². The van der Waals surface area contributed by atoms with Crippen LogP contribution in [0.3, 0.4) is 0 Å². The van der Waals surface area contributed by atoms with Crippen molar-refractivity contribution in [2.24, 2.45) is 0 Å². The van der Waals surface area contributed by atoms with Crippen molar-refractivity contribution in [2.45, 2.75) is 71.4 Å². The summed E-state index contributed by atoms with van der Waals surface area (Å²) in [6.07, 6.45) is 8.70. The maximum absolute atomic E-state index is 12.3. The first-order chi connectivity index (χ1) is 10.1. The lowest BCUT2D eigenvalue weighted by Crippen LogP contribution is -2.43. The first-order valence-electron chi connectivity index (χ1n) is 8.14. The fourth-order valence-electron chi connectivity index (χ4n) is 3.14. The molecule has 2 rings (SSSR count). The summed E-state index contributed by atoms with van der Waals surface area (Å²) in [6.45, 7) is 4.41. The molecule has 0 aliphatic heterocycles. The van der Waals surface area contributed by atoms with Gasteiger partial charge in [-0.1, -0.05) is 32.1 Å². The van der Waals surface area contributed by atoms with E-state index < -0.39 is 0 Å². The molecule has 0 radical (unpaired) electrons. The van der Waals surface area contributed by atoms with Crippen LogP contribution in [0.5, 0.6) is 0 Å². The standard InChI is InChI=1S/C17H28N2O2/c1-13-11-15(14(2)21-13)12-18-17(20)19(3)16-9-7-5-4-6-8-10-16/h11,16H,4-10,12H2,1-3H3,(H,18,20). The summed E-state index contributed by atoms with van der Waals surface area (Å²) in [5.41, 5.74) is 1.06. The number of amides is 2. The van der Waals surface area contributed by atoms with Gasteiger partial charge in [0, 0.05) is 25.2 Å². The van der Waals surface area contributed by atoms with E-state index in [4.69, 9.17) is 4.42 Å². The summed E-state index contributed by atoms with van der Waals surface area (Å²) in [6, 6.07) is 2.40. The second-order valence-electron chi connectivity index (χ2n) is 6.21. The number of carbonyl (C=O) groups excluding carboxylic acids is 1. The highest BCUT2D eigenvalue weighted by Crippen LogP contribution is 2.21. The van der Waals surface area contributed by atoms with Gasteiger partial charge in [0.1, 0.15) is 11.5 Å². The third-order valence-corrected chi connectivity index (χ3v) is 4.52. The van der Waals surface area contributed by atoms with Gasteiger partial charge in [0.2, 0.25) is 0 Å². The fourth-order valence-corrected chi connectivity index (χ4v) is 3.14. The highest BCUT2D eigenvalue weighted by Gasteiger charge is 2.20. The van der Waals surface area contributed by atoms with Crippen LogP contribution in [0.4, 0.5) is 4.79 Å². The SMILES string of the molecule is Cc1cc(CNC(=O)N(C)C2CCCCCCC2)c(C)o1. The lowest BCUT2D eigenvalue weighted by molar-refractivity contribution is 0.178. The van der Waals surface area contributed by atoms with Crippen molar-refractivity contribution in [3.8, 4) is 0 Å². The molecule has 1 aliphatic rings. The van der Waals surface area contributed by atoms with Crippen molar-refractivity contribution in [3.05, 3.63) is 23.2 Å². The first-order valence-corrected chi connectivity index (χ1v) is 8.14. The third kappa shape index (κ3) is 4.51. The van der Waals surface area contributed by atoms with Crippen LogP contribution in [0.2, 0.25) is 0 Å². The van der Waals surface area contributed by atoms with Crippen LogP contribution in [-0.2, 0) is 6.54 Å². The molecular weight excluding hydrogens is 264 g/mol. The second kappa shape index (κ2) is 7.53. The van der Waals surface area contributed by atoms with Gasteiger partial charge in [0.15, 0.2) is 0 Å². The Bertz CT molecular complexity index is 459. The molecule has 0 aromatic carbocycles. The van der Waals surface area contributed by atoms with Crippen molar-refractivity contribution < 1.29 is 9.21 Å². The van der Waals surface area contributed by atoms with Crippen LogP contribution in [0.25, 0.3) is 0 Å². The van der Waals surface area contributed by atoms with E-state index in [2.05, 4.69) is 5.32 Å². The molecule has 118 valence electrons. The molecule has 1 saturated carbocycles. The summed E-state index contributed by atoms with van der Waals surface area (Å²) in [5.74, 6) is 1.78. The van der Waals surface area contributed by atoms with E-state index in [1.807, 2.05) is 31.9 Å². The van der Waals surface area contributed by atoms with Crippen LogP contribution in [-0.4, -0.2) is 24.0 Å². The molecule has 1 aromatic heterocycles. The summed E-state index contributed by atoms with van der Waals surface area (Å²) in [4.78, 5) is 14.2. The zero-order chi connectivity index (χ0) is 15.2. The molecule has 0 saturated heterocycles. The molecular formula is C17H28N2O2. The lowest BCUT2D eigenvalue weighted by atomic mass is 9.96. The van der Waals surface area contributed by atoms with E-state index in [-0.39, 0.29) is 6.03 Å². The molecule has 0 spiro atoms. The van der Waals surface area contributed by atoms with Gasteiger partial charge < -0.3 is 14.6 Å². The van der Waals surface area contributed by atoms with Gasteiger partial charge in [-0.25, -0.2) is 4.79 Å². The molecule has 1 fully saturated rings. The topological polar surface area (TPSA) is 45.5 Å². The van der Waals surface area contributed by atoms with E-state index >= 15 is 0 Å². The molecule has 0 atom stereocenters. The Kier molecular flexibility index (Phi) is 5.71. The number of furan rings is 1. The second-order valence-corrected chi connectivity index (χ2v) is 6.21. The average molecular weight is 292 g/mol. The van der Waals surface area contributed by atoms with Crippen molar-refractivity contribution >= 4 is 6.03 Å². The molecule has 1 heterocycles. The molecule has 4 heteroatoms. The number of nitrogens with zero attached hydrogens (tertiary/aromatic N) is 1. The third-order valence-electron chi connectivity index (χ3n) is 4.52. The Hall–Kier alpha value is -1.45. The van der Waals surface area contributed by atoms with Crippen LogP contribution in [0.1, 0.15) is 62.0 Å². The molecule has 1 aliphatic carbocycles. The highest BCUT2D eigenvalue weighted by atomic mass is 16.3. The maximum Gasteiger partial charge on any atom is 0.317 e. The van der Waals surface area contributed by atoms with Crippen molar-refractivity contribution in [3.63, 3.8) is 0 Å². The molecule has 0 bridgehead atoms. The minimum Gasteiger partial charge on any atom is -0.466 e. The number of rotatable bonds is 3. The smallest absolute Gasteiger partial charge is 0.317 e. The Morgan fingerprint density at radius 1 is 1.24 bits per heavy atom. The number of aryl methyl sites for hydroxylation is 2. The summed E-state index contributed by atoms with van der Waals surface area (Å²) < 4.78 is 5.49. The van der Waals surface area contributed by atoms with E-state index in [1.54, 1.807) is 0 Å².